The molecule has 0 saturated heterocycles. The van der Waals surface area contributed by atoms with Crippen molar-refractivity contribution in [3.8, 4) is 0 Å². The van der Waals surface area contributed by atoms with Crippen molar-refractivity contribution >= 4 is 5.97 Å². The number of hydrogen-bond donors (Lipinski definition) is 0. The van der Waals surface area contributed by atoms with Crippen LogP contribution in [0.4, 0.5) is 8.78 Å². The van der Waals surface area contributed by atoms with Crippen LogP contribution in [0.1, 0.15) is 77.0 Å². The molecule has 0 aliphatic carbocycles. The highest BCUT2D eigenvalue weighted by molar-refractivity contribution is 5.74. The molecular formula is C18H26F2O2. The van der Waals surface area contributed by atoms with Crippen LogP contribution in [-0.2, 0) is 16.0 Å². The van der Waals surface area contributed by atoms with E-state index in [2.05, 4.69) is 0 Å². The lowest BCUT2D eigenvalue weighted by atomic mass is 9.86. The number of carbonyl (C=O) groups is 1. The van der Waals surface area contributed by atoms with E-state index in [9.17, 15) is 13.6 Å². The number of hydrogen-bond acceptors (Lipinski definition) is 2. The molecule has 0 bridgehead atoms. The maximum atomic E-state index is 14.2. The Labute approximate surface area is 131 Å². The quantitative estimate of drug-likeness (QED) is 0.723. The molecule has 4 heteroatoms. The van der Waals surface area contributed by atoms with Crippen molar-refractivity contribution in [2.75, 3.05) is 0 Å². The average molecular weight is 312 g/mol. The second-order valence-electron chi connectivity index (χ2n) is 7.23. The monoisotopic (exact) mass is 312 g/mol. The van der Waals surface area contributed by atoms with Crippen molar-refractivity contribution in [3.05, 3.63) is 34.4 Å². The fraction of sp³-hybridized carbons (Fsp3) is 0.611. The van der Waals surface area contributed by atoms with E-state index in [4.69, 9.17) is 4.74 Å². The van der Waals surface area contributed by atoms with Crippen LogP contribution in [0, 0.1) is 11.6 Å². The van der Waals surface area contributed by atoms with E-state index in [1.165, 1.54) is 6.07 Å². The Morgan fingerprint density at radius 1 is 1.14 bits per heavy atom. The summed E-state index contributed by atoms with van der Waals surface area (Å²) in [5.74, 6) is -2.38. The largest absolute Gasteiger partial charge is 0.460 e. The summed E-state index contributed by atoms with van der Waals surface area (Å²) in [6.45, 7) is 12.7. The van der Waals surface area contributed by atoms with Gasteiger partial charge in [0.15, 0.2) is 11.6 Å². The van der Waals surface area contributed by atoms with E-state index in [1.54, 1.807) is 34.6 Å². The summed E-state index contributed by atoms with van der Waals surface area (Å²) in [5, 5.41) is 0. The zero-order valence-electron chi connectivity index (χ0n) is 14.5. The standard InChI is InChI=1S/C18H26F2O2/c1-10(2)12-8-14(19)17(20)16(11(3)4)13(12)9-15(21)22-18(5,6)7/h8,10-11H,9H2,1-7H3. The van der Waals surface area contributed by atoms with Gasteiger partial charge in [-0.15, -0.1) is 0 Å². The minimum atomic E-state index is -0.863. The fourth-order valence-electron chi connectivity index (χ4n) is 2.54. The van der Waals surface area contributed by atoms with Crippen LogP contribution in [0.2, 0.25) is 0 Å². The van der Waals surface area contributed by atoms with Gasteiger partial charge in [0, 0.05) is 0 Å². The molecule has 0 fully saturated rings. The highest BCUT2D eigenvalue weighted by atomic mass is 19.2. The molecular weight excluding hydrogens is 286 g/mol. The van der Waals surface area contributed by atoms with E-state index < -0.39 is 23.2 Å². The molecule has 0 unspecified atom stereocenters. The molecule has 0 aliphatic heterocycles. The number of esters is 1. The van der Waals surface area contributed by atoms with Gasteiger partial charge in [-0.05, 0) is 55.4 Å². The molecule has 0 N–H and O–H groups in total. The van der Waals surface area contributed by atoms with Crippen molar-refractivity contribution in [2.24, 2.45) is 0 Å². The molecule has 124 valence electrons. The third-order valence-electron chi connectivity index (χ3n) is 3.34. The lowest BCUT2D eigenvalue weighted by molar-refractivity contribution is -0.153. The predicted molar refractivity (Wildman–Crippen MR) is 84.1 cm³/mol. The smallest absolute Gasteiger partial charge is 0.310 e. The van der Waals surface area contributed by atoms with Gasteiger partial charge in [-0.2, -0.15) is 0 Å². The summed E-state index contributed by atoms with van der Waals surface area (Å²) in [7, 11) is 0. The van der Waals surface area contributed by atoms with Gasteiger partial charge in [0.05, 0.1) is 6.42 Å². The van der Waals surface area contributed by atoms with Gasteiger partial charge in [0.1, 0.15) is 5.60 Å². The summed E-state index contributed by atoms with van der Waals surface area (Å²) < 4.78 is 33.4. The molecule has 0 atom stereocenters. The van der Waals surface area contributed by atoms with Crippen LogP contribution in [-0.4, -0.2) is 11.6 Å². The molecule has 1 rings (SSSR count). The van der Waals surface area contributed by atoms with Gasteiger partial charge in [0.2, 0.25) is 0 Å². The minimum Gasteiger partial charge on any atom is -0.460 e. The van der Waals surface area contributed by atoms with Crippen LogP contribution >= 0.6 is 0 Å². The van der Waals surface area contributed by atoms with Gasteiger partial charge in [-0.25, -0.2) is 8.78 Å². The molecule has 0 heterocycles. The van der Waals surface area contributed by atoms with Crippen LogP contribution < -0.4 is 0 Å². The van der Waals surface area contributed by atoms with Gasteiger partial charge >= 0.3 is 5.97 Å². The van der Waals surface area contributed by atoms with Gasteiger partial charge in [-0.1, -0.05) is 27.7 Å². The highest BCUT2D eigenvalue weighted by Gasteiger charge is 2.25. The number of rotatable bonds is 4. The van der Waals surface area contributed by atoms with E-state index in [-0.39, 0.29) is 23.8 Å². The second kappa shape index (κ2) is 6.76. The summed E-state index contributed by atoms with van der Waals surface area (Å²) in [6, 6.07) is 1.20. The molecule has 2 nitrogen and oxygen atoms in total. The maximum Gasteiger partial charge on any atom is 0.310 e. The molecule has 1 aromatic rings. The van der Waals surface area contributed by atoms with Crippen LogP contribution in [0.5, 0.6) is 0 Å². The highest BCUT2D eigenvalue weighted by Crippen LogP contribution is 2.32. The Morgan fingerprint density at radius 3 is 2.09 bits per heavy atom. The SMILES string of the molecule is CC(C)c1cc(F)c(F)c(C(C)C)c1CC(=O)OC(C)(C)C. The maximum absolute atomic E-state index is 14.2. The van der Waals surface area contributed by atoms with E-state index in [1.807, 2.05) is 13.8 Å². The number of halogens is 2. The molecule has 0 saturated carbocycles. The number of benzene rings is 1. The summed E-state index contributed by atoms with van der Waals surface area (Å²) >= 11 is 0. The number of ether oxygens (including phenoxy) is 1. The lowest BCUT2D eigenvalue weighted by Gasteiger charge is -2.23. The second-order valence-corrected chi connectivity index (χ2v) is 7.23. The first-order valence-corrected chi connectivity index (χ1v) is 7.66. The van der Waals surface area contributed by atoms with E-state index >= 15 is 0 Å². The van der Waals surface area contributed by atoms with Crippen molar-refractivity contribution in [1.82, 2.24) is 0 Å². The van der Waals surface area contributed by atoms with Crippen molar-refractivity contribution in [1.29, 1.82) is 0 Å². The van der Waals surface area contributed by atoms with Gasteiger partial charge in [-0.3, -0.25) is 4.79 Å². The minimum absolute atomic E-state index is 0.00923. The summed E-state index contributed by atoms with van der Waals surface area (Å²) in [5.41, 5.74) is 0.882. The normalized spacial score (nSPS) is 12.1. The Morgan fingerprint density at radius 2 is 1.68 bits per heavy atom. The third-order valence-corrected chi connectivity index (χ3v) is 3.34. The average Bonchev–Trinajstić information content (AvgIpc) is 2.30. The van der Waals surface area contributed by atoms with Crippen molar-refractivity contribution < 1.29 is 18.3 Å². The first-order chi connectivity index (χ1) is 9.94. The Kier molecular flexibility index (Phi) is 5.71. The zero-order chi connectivity index (χ0) is 17.2. The molecule has 0 radical (unpaired) electrons. The number of carbonyl (C=O) groups excluding carboxylic acids is 1. The molecule has 1 aromatic carbocycles. The van der Waals surface area contributed by atoms with E-state index in [0.29, 0.717) is 11.1 Å². The molecule has 22 heavy (non-hydrogen) atoms. The third kappa shape index (κ3) is 4.52. The van der Waals surface area contributed by atoms with Crippen LogP contribution in [0.15, 0.2) is 6.07 Å². The Balaban J connectivity index is 3.37. The van der Waals surface area contributed by atoms with Crippen molar-refractivity contribution in [2.45, 2.75) is 72.3 Å². The molecule has 0 spiro atoms. The van der Waals surface area contributed by atoms with Crippen LogP contribution in [0.25, 0.3) is 0 Å². The first kappa shape index (κ1) is 18.6. The lowest BCUT2D eigenvalue weighted by Crippen LogP contribution is -2.26. The fourth-order valence-corrected chi connectivity index (χ4v) is 2.54. The zero-order valence-corrected chi connectivity index (χ0v) is 14.5. The van der Waals surface area contributed by atoms with Gasteiger partial charge < -0.3 is 4.74 Å². The molecule has 0 aromatic heterocycles. The molecule has 0 aliphatic rings. The summed E-state index contributed by atoms with van der Waals surface area (Å²) in [4.78, 5) is 12.1. The Bertz CT molecular complexity index is 555. The predicted octanol–water partition coefficient (Wildman–Crippen LogP) is 5.10. The van der Waals surface area contributed by atoms with Crippen molar-refractivity contribution in [3.63, 3.8) is 0 Å². The Hall–Kier alpha value is -1.45. The summed E-state index contributed by atoms with van der Waals surface area (Å²) in [6.07, 6.45) is -0.0461. The van der Waals surface area contributed by atoms with Gasteiger partial charge in [0.25, 0.3) is 0 Å². The molecule has 0 amide bonds. The topological polar surface area (TPSA) is 26.3 Å². The van der Waals surface area contributed by atoms with Crippen LogP contribution in [0.3, 0.4) is 0 Å². The first-order valence-electron chi connectivity index (χ1n) is 7.66. The van der Waals surface area contributed by atoms with E-state index in [0.717, 1.165) is 0 Å².